The van der Waals surface area contributed by atoms with Crippen molar-refractivity contribution in [1.29, 1.82) is 0 Å². The summed E-state index contributed by atoms with van der Waals surface area (Å²) < 4.78 is 21.2. The Bertz CT molecular complexity index is 320. The van der Waals surface area contributed by atoms with Gasteiger partial charge in [0.05, 0.1) is 15.6 Å². The predicted molar refractivity (Wildman–Crippen MR) is 60.1 cm³/mol. The molecule has 0 fully saturated rings. The van der Waals surface area contributed by atoms with Gasteiger partial charge in [0.2, 0.25) is 0 Å². The first-order valence-electron chi connectivity index (χ1n) is 3.01. The second kappa shape index (κ2) is 13.5. The molecule has 1 aromatic rings. The van der Waals surface area contributed by atoms with Crippen LogP contribution in [0.15, 0.2) is 19.0 Å². The van der Waals surface area contributed by atoms with Crippen molar-refractivity contribution < 1.29 is 33.0 Å². The molecule has 1 rings (SSSR count). The van der Waals surface area contributed by atoms with Gasteiger partial charge in [-0.3, -0.25) is 0 Å². The van der Waals surface area contributed by atoms with Crippen molar-refractivity contribution in [1.82, 2.24) is 39.6 Å². The summed E-state index contributed by atoms with van der Waals surface area (Å²) in [4.78, 5) is 48.0. The van der Waals surface area contributed by atoms with E-state index in [0.29, 0.717) is 0 Å². The Hall–Kier alpha value is -0.890. The highest BCUT2D eigenvalue weighted by atomic mass is 31.3. The molecule has 0 aromatic carbocycles. The van der Waals surface area contributed by atoms with E-state index in [0.717, 1.165) is 0 Å². The lowest BCUT2D eigenvalue weighted by atomic mass is 11.1. The van der Waals surface area contributed by atoms with Crippen LogP contribution in [-0.2, 0) is 13.4 Å². The highest BCUT2D eigenvalue weighted by Gasteiger charge is 1.92. The standard InChI is InChI=1S/C3H3N3.4H3N.H4O7P2/c1-4-2-6-3-5-1;;;;;1-8(2,3)7-9(4,5)6/h1-3H;4*1H3;(H2,1,2,3)(H2,4,5,6). The number of phosphoric acid groups is 2. The van der Waals surface area contributed by atoms with E-state index in [-0.39, 0.29) is 24.6 Å². The van der Waals surface area contributed by atoms with Crippen LogP contribution in [0.2, 0.25) is 0 Å². The topological polar surface area (TPSA) is 320 Å². The lowest BCUT2D eigenvalue weighted by Crippen LogP contribution is -2.23. The number of hydrogen-bond acceptors (Lipinski definition) is 10. The van der Waals surface area contributed by atoms with Crippen LogP contribution in [-0.4, -0.2) is 15.0 Å². The Morgan fingerprint density at radius 1 is 0.684 bits per heavy atom. The van der Waals surface area contributed by atoms with Gasteiger partial charge < -0.3 is 57.6 Å². The molecule has 0 unspecified atom stereocenters. The molecule has 19 heavy (non-hydrogen) atoms. The fourth-order valence-electron chi connectivity index (χ4n) is 0.327. The minimum atomic E-state index is -5.68. The fraction of sp³-hybridized carbons (Fsp3) is 0. The van der Waals surface area contributed by atoms with E-state index in [1.54, 1.807) is 0 Å². The average Bonchev–Trinajstić information content (AvgIpc) is 2.01. The molecule has 0 aliphatic rings. The predicted octanol–water partition coefficient (Wildman–Crippen LogP) is -1.96. The van der Waals surface area contributed by atoms with E-state index in [9.17, 15) is 28.7 Å². The van der Waals surface area contributed by atoms with Crippen molar-refractivity contribution in [2.75, 3.05) is 0 Å². The monoisotopic (exact) mass is 327 g/mol. The normalized spacial score (nSPS) is 9.05. The average molecular weight is 327 g/mol. The SMILES string of the molecule is O=P([O-])([O-])OP(=O)([O-])[O-].[NH4+].[NH4+].[NH4+].[NH4+].c1ncncn1. The Morgan fingerprint density at radius 3 is 0.947 bits per heavy atom. The zero-order valence-corrected chi connectivity index (χ0v) is 12.6. The van der Waals surface area contributed by atoms with E-state index in [1.807, 2.05) is 0 Å². The first-order valence-corrected chi connectivity index (χ1v) is 5.93. The number of quaternary nitrogens is 4. The number of rotatable bonds is 2. The molecule has 0 saturated heterocycles. The number of hydrogen-bond donors (Lipinski definition) is 4. The van der Waals surface area contributed by atoms with E-state index in [4.69, 9.17) is 0 Å². The van der Waals surface area contributed by atoms with Crippen molar-refractivity contribution in [3.8, 4) is 0 Å². The molecule has 0 spiro atoms. The summed E-state index contributed by atoms with van der Waals surface area (Å²) in [5.74, 6) is 0. The van der Waals surface area contributed by atoms with Crippen molar-refractivity contribution in [3.63, 3.8) is 0 Å². The third-order valence-corrected chi connectivity index (χ3v) is 2.20. The van der Waals surface area contributed by atoms with Gasteiger partial charge in [0.1, 0.15) is 19.0 Å². The molecule has 16 heteroatoms. The van der Waals surface area contributed by atoms with Crippen LogP contribution < -0.4 is 44.2 Å². The lowest BCUT2D eigenvalue weighted by Gasteiger charge is -2.39. The summed E-state index contributed by atoms with van der Waals surface area (Å²) in [5, 5.41) is 0. The number of nitrogens with zero attached hydrogens (tertiary/aromatic N) is 3. The van der Waals surface area contributed by atoms with E-state index < -0.39 is 15.6 Å². The van der Waals surface area contributed by atoms with Crippen molar-refractivity contribution in [2.45, 2.75) is 0 Å². The Labute approximate surface area is 108 Å². The van der Waals surface area contributed by atoms with Crippen LogP contribution in [0.25, 0.3) is 0 Å². The highest BCUT2D eigenvalue weighted by Crippen LogP contribution is 2.42. The van der Waals surface area contributed by atoms with Gasteiger partial charge in [-0.05, 0) is 0 Å². The third-order valence-electron chi connectivity index (χ3n) is 0.600. The second-order valence-electron chi connectivity index (χ2n) is 1.77. The minimum Gasteiger partial charge on any atom is -0.790 e. The van der Waals surface area contributed by atoms with Gasteiger partial charge in [-0.25, -0.2) is 15.0 Å². The summed E-state index contributed by atoms with van der Waals surface area (Å²) in [6.45, 7) is 0. The van der Waals surface area contributed by atoms with Gasteiger partial charge in [-0.15, -0.1) is 0 Å². The zero-order valence-electron chi connectivity index (χ0n) is 10.8. The van der Waals surface area contributed by atoms with E-state index in [1.165, 1.54) is 19.0 Å². The fourth-order valence-corrected chi connectivity index (χ4v) is 1.31. The van der Waals surface area contributed by atoms with Crippen molar-refractivity contribution >= 4 is 15.6 Å². The summed E-state index contributed by atoms with van der Waals surface area (Å²) in [7, 11) is -11.4. The van der Waals surface area contributed by atoms with Crippen molar-refractivity contribution in [3.05, 3.63) is 19.0 Å². The Morgan fingerprint density at radius 2 is 0.895 bits per heavy atom. The molecule has 0 aliphatic heterocycles. The maximum absolute atomic E-state index is 9.32. The van der Waals surface area contributed by atoms with Gasteiger partial charge >= 0.3 is 0 Å². The molecule has 0 atom stereocenters. The van der Waals surface area contributed by atoms with Crippen LogP contribution in [0.5, 0.6) is 0 Å². The second-order valence-corrected chi connectivity index (χ2v) is 4.21. The smallest absolute Gasteiger partial charge is 0.119 e. The molecular formula is C3H19N7O7P2. The summed E-state index contributed by atoms with van der Waals surface area (Å²) in [6, 6.07) is 0. The third kappa shape index (κ3) is 31.6. The van der Waals surface area contributed by atoms with Gasteiger partial charge in [-0.2, -0.15) is 0 Å². The van der Waals surface area contributed by atoms with Gasteiger partial charge in [0, 0.05) is 0 Å². The molecular weight excluding hydrogens is 308 g/mol. The molecule has 1 aromatic heterocycles. The molecule has 0 amide bonds. The van der Waals surface area contributed by atoms with Crippen LogP contribution >= 0.6 is 15.6 Å². The highest BCUT2D eigenvalue weighted by molar-refractivity contribution is 7.57. The molecule has 0 saturated carbocycles. The molecule has 16 N–H and O–H groups in total. The Balaban J connectivity index is -0.0000000589. The van der Waals surface area contributed by atoms with Gasteiger partial charge in [-0.1, -0.05) is 0 Å². The van der Waals surface area contributed by atoms with Crippen LogP contribution in [0.1, 0.15) is 0 Å². The quantitative estimate of drug-likeness (QED) is 0.434. The Kier molecular flexibility index (Phi) is 22.0. The first-order chi connectivity index (χ1) is 6.71. The lowest BCUT2D eigenvalue weighted by molar-refractivity contribution is -0.364. The molecule has 118 valence electrons. The van der Waals surface area contributed by atoms with Gasteiger partial charge in [0.25, 0.3) is 0 Å². The molecule has 1 heterocycles. The van der Waals surface area contributed by atoms with Crippen LogP contribution in [0.3, 0.4) is 0 Å². The van der Waals surface area contributed by atoms with Gasteiger partial charge in [0.15, 0.2) is 0 Å². The van der Waals surface area contributed by atoms with Crippen LogP contribution in [0, 0.1) is 0 Å². The molecule has 0 radical (unpaired) electrons. The van der Waals surface area contributed by atoms with E-state index in [2.05, 4.69) is 19.3 Å². The summed E-state index contributed by atoms with van der Waals surface area (Å²) in [6.07, 6.45) is 4.31. The van der Waals surface area contributed by atoms with E-state index >= 15 is 0 Å². The van der Waals surface area contributed by atoms with Crippen molar-refractivity contribution in [2.24, 2.45) is 0 Å². The largest absolute Gasteiger partial charge is 0.790 e. The van der Waals surface area contributed by atoms with Crippen LogP contribution in [0.4, 0.5) is 0 Å². The molecule has 0 bridgehead atoms. The molecule has 14 nitrogen and oxygen atoms in total. The zero-order chi connectivity index (χ0) is 11.9. The molecule has 0 aliphatic carbocycles. The maximum Gasteiger partial charge on any atom is 0.119 e. The first kappa shape index (κ1) is 30.8. The number of aromatic nitrogens is 3. The summed E-state index contributed by atoms with van der Waals surface area (Å²) in [5.41, 5.74) is 0. The minimum absolute atomic E-state index is 0. The maximum atomic E-state index is 9.32. The summed E-state index contributed by atoms with van der Waals surface area (Å²) >= 11 is 0.